The molecule has 1 aliphatic heterocycles. The van der Waals surface area contributed by atoms with Crippen LogP contribution in [0.15, 0.2) is 30.3 Å². The molecule has 1 heterocycles. The van der Waals surface area contributed by atoms with Crippen molar-refractivity contribution >= 4 is 48.1 Å². The fraction of sp³-hybridized carbons (Fsp3) is 0.545. The van der Waals surface area contributed by atoms with Crippen molar-refractivity contribution in [2.24, 2.45) is 5.73 Å². The SMILES string of the molecule is CSCCC(NC(=O)C1CCCN1C(=O)C(N)CS)C(=O)NC(Cc1ccccc1)C(=O)O. The van der Waals surface area contributed by atoms with E-state index in [9.17, 15) is 24.3 Å². The molecular weight excluding hydrogens is 464 g/mol. The Morgan fingerprint density at radius 3 is 2.52 bits per heavy atom. The number of nitrogens with two attached hydrogens (primary N) is 1. The van der Waals surface area contributed by atoms with Crippen molar-refractivity contribution in [2.75, 3.05) is 24.3 Å². The van der Waals surface area contributed by atoms with E-state index in [-0.39, 0.29) is 18.1 Å². The van der Waals surface area contributed by atoms with Gasteiger partial charge in [-0.25, -0.2) is 4.79 Å². The average Bonchev–Trinajstić information content (AvgIpc) is 3.30. The summed E-state index contributed by atoms with van der Waals surface area (Å²) in [5, 5.41) is 14.9. The summed E-state index contributed by atoms with van der Waals surface area (Å²) in [6.07, 6.45) is 3.45. The maximum absolute atomic E-state index is 13.0. The molecule has 1 aliphatic rings. The second-order valence-corrected chi connectivity index (χ2v) is 9.26. The third-order valence-electron chi connectivity index (χ3n) is 5.49. The molecule has 1 saturated heterocycles. The minimum Gasteiger partial charge on any atom is -0.480 e. The summed E-state index contributed by atoms with van der Waals surface area (Å²) in [4.78, 5) is 51.6. The third-order valence-corrected chi connectivity index (χ3v) is 6.53. The Morgan fingerprint density at radius 1 is 1.21 bits per heavy atom. The number of carboxylic acid groups (broad SMARTS) is 1. The van der Waals surface area contributed by atoms with E-state index < -0.39 is 42.0 Å². The summed E-state index contributed by atoms with van der Waals surface area (Å²) >= 11 is 5.57. The molecule has 33 heavy (non-hydrogen) atoms. The van der Waals surface area contributed by atoms with Gasteiger partial charge >= 0.3 is 5.97 Å². The monoisotopic (exact) mass is 496 g/mol. The Bertz CT molecular complexity index is 826. The number of nitrogens with one attached hydrogen (secondary N) is 2. The molecule has 1 fully saturated rings. The van der Waals surface area contributed by atoms with Crippen LogP contribution in [0.25, 0.3) is 0 Å². The molecule has 3 amide bonds. The van der Waals surface area contributed by atoms with Gasteiger partial charge in [-0.3, -0.25) is 14.4 Å². The van der Waals surface area contributed by atoms with Gasteiger partial charge in [-0.05, 0) is 36.8 Å². The molecule has 0 saturated carbocycles. The quantitative estimate of drug-likeness (QED) is 0.262. The molecule has 1 aromatic rings. The largest absolute Gasteiger partial charge is 0.480 e. The number of hydrogen-bond donors (Lipinski definition) is 5. The number of rotatable bonds is 12. The van der Waals surface area contributed by atoms with E-state index in [1.165, 1.54) is 16.7 Å². The molecule has 1 aromatic carbocycles. The van der Waals surface area contributed by atoms with Gasteiger partial charge in [0.1, 0.15) is 18.1 Å². The molecule has 0 aromatic heterocycles. The van der Waals surface area contributed by atoms with Gasteiger partial charge in [-0.2, -0.15) is 24.4 Å². The Labute approximate surface area is 203 Å². The van der Waals surface area contributed by atoms with E-state index in [2.05, 4.69) is 23.3 Å². The summed E-state index contributed by atoms with van der Waals surface area (Å²) in [6, 6.07) is 5.43. The highest BCUT2D eigenvalue weighted by Gasteiger charge is 2.37. The highest BCUT2D eigenvalue weighted by molar-refractivity contribution is 7.98. The van der Waals surface area contributed by atoms with Crippen LogP contribution in [0.1, 0.15) is 24.8 Å². The number of aliphatic carboxylic acids is 1. The first kappa shape index (κ1) is 27.0. The van der Waals surface area contributed by atoms with Gasteiger partial charge in [0.25, 0.3) is 0 Å². The summed E-state index contributed by atoms with van der Waals surface area (Å²) in [6.45, 7) is 0.415. The summed E-state index contributed by atoms with van der Waals surface area (Å²) in [7, 11) is 0. The van der Waals surface area contributed by atoms with Gasteiger partial charge in [-0.1, -0.05) is 30.3 Å². The number of benzene rings is 1. The van der Waals surface area contributed by atoms with Crippen molar-refractivity contribution in [3.05, 3.63) is 35.9 Å². The highest BCUT2D eigenvalue weighted by Crippen LogP contribution is 2.19. The molecule has 4 atom stereocenters. The van der Waals surface area contributed by atoms with E-state index in [1.54, 1.807) is 24.3 Å². The van der Waals surface area contributed by atoms with Gasteiger partial charge in [0.15, 0.2) is 0 Å². The first-order chi connectivity index (χ1) is 15.8. The van der Waals surface area contributed by atoms with E-state index in [0.29, 0.717) is 31.6 Å². The smallest absolute Gasteiger partial charge is 0.326 e. The van der Waals surface area contributed by atoms with Crippen LogP contribution in [-0.4, -0.2) is 82.2 Å². The van der Waals surface area contributed by atoms with Crippen LogP contribution in [0.3, 0.4) is 0 Å². The number of carboxylic acids is 1. The maximum Gasteiger partial charge on any atom is 0.326 e. The van der Waals surface area contributed by atoms with Crippen LogP contribution in [0, 0.1) is 0 Å². The van der Waals surface area contributed by atoms with Crippen molar-refractivity contribution in [3.8, 4) is 0 Å². The van der Waals surface area contributed by atoms with Gasteiger partial charge in [0.2, 0.25) is 17.7 Å². The van der Waals surface area contributed by atoms with Gasteiger partial charge in [0, 0.05) is 18.7 Å². The number of carbonyl (C=O) groups is 4. The van der Waals surface area contributed by atoms with E-state index >= 15 is 0 Å². The Kier molecular flexibility index (Phi) is 11.0. The van der Waals surface area contributed by atoms with Gasteiger partial charge < -0.3 is 26.4 Å². The molecule has 11 heteroatoms. The van der Waals surface area contributed by atoms with Crippen LogP contribution >= 0.6 is 24.4 Å². The molecule has 0 bridgehead atoms. The Balaban J connectivity index is 2.08. The number of nitrogens with zero attached hydrogens (tertiary/aromatic N) is 1. The molecule has 0 radical (unpaired) electrons. The predicted molar refractivity (Wildman–Crippen MR) is 131 cm³/mol. The predicted octanol–water partition coefficient (Wildman–Crippen LogP) is 0.285. The van der Waals surface area contributed by atoms with Gasteiger partial charge in [0.05, 0.1) is 6.04 Å². The zero-order valence-electron chi connectivity index (χ0n) is 18.6. The van der Waals surface area contributed by atoms with E-state index in [1.807, 2.05) is 12.3 Å². The van der Waals surface area contributed by atoms with Crippen molar-refractivity contribution in [1.82, 2.24) is 15.5 Å². The molecule has 0 spiro atoms. The molecule has 5 N–H and O–H groups in total. The summed E-state index contributed by atoms with van der Waals surface area (Å²) in [5.74, 6) is -1.75. The van der Waals surface area contributed by atoms with Crippen LogP contribution in [0.2, 0.25) is 0 Å². The molecule has 0 aliphatic carbocycles. The lowest BCUT2D eigenvalue weighted by Crippen LogP contribution is -2.57. The van der Waals surface area contributed by atoms with E-state index in [0.717, 1.165) is 5.56 Å². The van der Waals surface area contributed by atoms with Crippen LogP contribution < -0.4 is 16.4 Å². The lowest BCUT2D eigenvalue weighted by molar-refractivity contribution is -0.143. The minimum absolute atomic E-state index is 0.123. The van der Waals surface area contributed by atoms with Crippen LogP contribution in [0.4, 0.5) is 0 Å². The number of likely N-dealkylation sites (tertiary alicyclic amines) is 1. The van der Waals surface area contributed by atoms with Gasteiger partial charge in [-0.15, -0.1) is 0 Å². The van der Waals surface area contributed by atoms with Crippen LogP contribution in [0.5, 0.6) is 0 Å². The zero-order chi connectivity index (χ0) is 24.4. The van der Waals surface area contributed by atoms with Crippen molar-refractivity contribution < 1.29 is 24.3 Å². The molecule has 2 rings (SSSR count). The second-order valence-electron chi connectivity index (χ2n) is 7.91. The van der Waals surface area contributed by atoms with E-state index in [4.69, 9.17) is 5.73 Å². The van der Waals surface area contributed by atoms with Crippen molar-refractivity contribution in [1.29, 1.82) is 0 Å². The summed E-state index contributed by atoms with van der Waals surface area (Å²) < 4.78 is 0. The highest BCUT2D eigenvalue weighted by atomic mass is 32.2. The van der Waals surface area contributed by atoms with Crippen molar-refractivity contribution in [2.45, 2.75) is 49.9 Å². The Morgan fingerprint density at radius 2 is 1.91 bits per heavy atom. The first-order valence-electron chi connectivity index (χ1n) is 10.8. The first-order valence-corrected chi connectivity index (χ1v) is 12.8. The fourth-order valence-corrected chi connectivity index (χ4v) is 4.32. The maximum atomic E-state index is 13.0. The molecular formula is C22H32N4O5S2. The lowest BCUT2D eigenvalue weighted by Gasteiger charge is -2.28. The number of thiol groups is 1. The lowest BCUT2D eigenvalue weighted by atomic mass is 10.0. The number of hydrogen-bond acceptors (Lipinski definition) is 7. The molecule has 4 unspecified atom stereocenters. The topological polar surface area (TPSA) is 142 Å². The number of amides is 3. The number of thioether (sulfide) groups is 1. The standard InChI is InChI=1S/C22H32N4O5S2/c1-33-11-9-16(19(27)25-17(22(30)31)12-14-6-3-2-4-7-14)24-20(28)18-8-5-10-26(18)21(29)15(23)13-32/h2-4,6-7,15-18,32H,5,8-13,23H2,1H3,(H,24,28)(H,25,27)(H,30,31). The van der Waals surface area contributed by atoms with Crippen LogP contribution in [-0.2, 0) is 25.6 Å². The molecule has 182 valence electrons. The fourth-order valence-electron chi connectivity index (χ4n) is 3.69. The second kappa shape index (κ2) is 13.5. The Hall–Kier alpha value is -2.24. The zero-order valence-corrected chi connectivity index (χ0v) is 20.3. The third kappa shape index (κ3) is 7.94. The minimum atomic E-state index is -1.16. The normalized spacial score (nSPS) is 18.3. The molecule has 9 nitrogen and oxygen atoms in total. The summed E-state index contributed by atoms with van der Waals surface area (Å²) in [5.41, 5.74) is 6.57. The average molecular weight is 497 g/mol. The number of carbonyl (C=O) groups excluding carboxylic acids is 3. The van der Waals surface area contributed by atoms with Crippen molar-refractivity contribution in [3.63, 3.8) is 0 Å².